The summed E-state index contributed by atoms with van der Waals surface area (Å²) in [5, 5.41) is 0. The fraction of sp³-hybridized carbons (Fsp3) is 0.375. The summed E-state index contributed by atoms with van der Waals surface area (Å²) < 4.78 is 0. The van der Waals surface area contributed by atoms with Gasteiger partial charge in [-0.15, -0.1) is 0 Å². The molecule has 20 heavy (non-hydrogen) atoms. The standard InChI is InChI=1S/C16H18N2O2/c1-10-8-15(20)18(9-14(17)19)13-7-6-11-4-2-3-5-12(11)16(10)13/h2-5,10H,6-9H2,1H3,(H2,17,19). The summed E-state index contributed by atoms with van der Waals surface area (Å²) in [6, 6.07) is 8.32. The fourth-order valence-corrected chi connectivity index (χ4v) is 3.34. The van der Waals surface area contributed by atoms with E-state index in [4.69, 9.17) is 5.73 Å². The van der Waals surface area contributed by atoms with Crippen LogP contribution >= 0.6 is 0 Å². The van der Waals surface area contributed by atoms with Crippen LogP contribution in [-0.4, -0.2) is 23.3 Å². The monoisotopic (exact) mass is 270 g/mol. The second-order valence-corrected chi connectivity index (χ2v) is 5.57. The van der Waals surface area contributed by atoms with Crippen LogP contribution in [0.5, 0.6) is 0 Å². The summed E-state index contributed by atoms with van der Waals surface area (Å²) in [5.74, 6) is -0.254. The minimum Gasteiger partial charge on any atom is -0.368 e. The first-order valence-electron chi connectivity index (χ1n) is 6.98. The average molecular weight is 270 g/mol. The van der Waals surface area contributed by atoms with Gasteiger partial charge in [-0.2, -0.15) is 0 Å². The first-order chi connectivity index (χ1) is 9.58. The Hall–Kier alpha value is -2.10. The van der Waals surface area contributed by atoms with E-state index in [0.29, 0.717) is 6.42 Å². The smallest absolute Gasteiger partial charge is 0.237 e. The number of allylic oxidation sites excluding steroid dienone is 2. The van der Waals surface area contributed by atoms with Gasteiger partial charge in [-0.05, 0) is 35.5 Å². The molecule has 1 heterocycles. The maximum atomic E-state index is 12.2. The third-order valence-electron chi connectivity index (χ3n) is 4.16. The van der Waals surface area contributed by atoms with Crippen molar-refractivity contribution in [3.8, 4) is 0 Å². The summed E-state index contributed by atoms with van der Waals surface area (Å²) >= 11 is 0. The molecule has 1 aromatic rings. The Kier molecular flexibility index (Phi) is 3.08. The van der Waals surface area contributed by atoms with E-state index in [1.54, 1.807) is 4.90 Å². The van der Waals surface area contributed by atoms with Crippen LogP contribution in [-0.2, 0) is 16.0 Å². The lowest BCUT2D eigenvalue weighted by atomic mass is 9.78. The van der Waals surface area contributed by atoms with E-state index in [1.165, 1.54) is 16.7 Å². The van der Waals surface area contributed by atoms with E-state index in [9.17, 15) is 9.59 Å². The summed E-state index contributed by atoms with van der Waals surface area (Å²) in [6.07, 6.45) is 2.15. The van der Waals surface area contributed by atoms with E-state index >= 15 is 0 Å². The van der Waals surface area contributed by atoms with Crippen LogP contribution in [0.1, 0.15) is 30.9 Å². The van der Waals surface area contributed by atoms with Crippen LogP contribution in [0.4, 0.5) is 0 Å². The second kappa shape index (κ2) is 4.78. The van der Waals surface area contributed by atoms with Gasteiger partial charge in [-0.25, -0.2) is 0 Å². The average Bonchev–Trinajstić information content (AvgIpc) is 2.42. The lowest BCUT2D eigenvalue weighted by Gasteiger charge is -2.38. The SMILES string of the molecule is CC1CC(=O)N(CC(N)=O)C2=C1c1ccccc1CC2. The second-order valence-electron chi connectivity index (χ2n) is 5.57. The molecule has 1 aliphatic carbocycles. The summed E-state index contributed by atoms with van der Waals surface area (Å²) in [5.41, 5.74) is 10.0. The summed E-state index contributed by atoms with van der Waals surface area (Å²) in [4.78, 5) is 25.0. The molecule has 0 spiro atoms. The molecule has 0 bridgehead atoms. The maximum absolute atomic E-state index is 12.2. The Morgan fingerprint density at radius 1 is 1.35 bits per heavy atom. The first kappa shape index (κ1) is 12.9. The largest absolute Gasteiger partial charge is 0.368 e. The zero-order valence-electron chi connectivity index (χ0n) is 11.6. The van der Waals surface area contributed by atoms with E-state index in [1.807, 2.05) is 12.1 Å². The van der Waals surface area contributed by atoms with Crippen molar-refractivity contribution < 1.29 is 9.59 Å². The third kappa shape index (κ3) is 2.01. The summed E-state index contributed by atoms with van der Waals surface area (Å²) in [7, 11) is 0. The van der Waals surface area contributed by atoms with Crippen LogP contribution in [0.25, 0.3) is 5.57 Å². The molecule has 1 aliphatic heterocycles. The molecule has 1 unspecified atom stereocenters. The number of hydrogen-bond donors (Lipinski definition) is 1. The van der Waals surface area contributed by atoms with Crippen molar-refractivity contribution in [3.63, 3.8) is 0 Å². The number of aryl methyl sites for hydroxylation is 1. The molecule has 2 aliphatic rings. The van der Waals surface area contributed by atoms with Crippen molar-refractivity contribution >= 4 is 17.4 Å². The number of carbonyl (C=O) groups is 2. The van der Waals surface area contributed by atoms with Crippen molar-refractivity contribution in [1.29, 1.82) is 0 Å². The molecule has 1 atom stereocenters. The van der Waals surface area contributed by atoms with Crippen molar-refractivity contribution in [3.05, 3.63) is 41.1 Å². The number of rotatable bonds is 2. The Labute approximate surface area is 118 Å². The van der Waals surface area contributed by atoms with Gasteiger partial charge < -0.3 is 10.6 Å². The van der Waals surface area contributed by atoms with E-state index in [2.05, 4.69) is 19.1 Å². The molecule has 0 fully saturated rings. The molecular formula is C16H18N2O2. The highest BCUT2D eigenvalue weighted by molar-refractivity contribution is 5.92. The normalized spacial score (nSPS) is 21.6. The van der Waals surface area contributed by atoms with Gasteiger partial charge in [0, 0.05) is 12.1 Å². The minimum absolute atomic E-state index is 0.00739. The van der Waals surface area contributed by atoms with Crippen molar-refractivity contribution in [2.45, 2.75) is 26.2 Å². The van der Waals surface area contributed by atoms with Crippen LogP contribution in [0.15, 0.2) is 30.0 Å². The number of amides is 2. The van der Waals surface area contributed by atoms with Crippen molar-refractivity contribution in [2.75, 3.05) is 6.54 Å². The van der Waals surface area contributed by atoms with Crippen molar-refractivity contribution in [2.24, 2.45) is 11.7 Å². The van der Waals surface area contributed by atoms with Gasteiger partial charge in [0.1, 0.15) is 6.54 Å². The van der Waals surface area contributed by atoms with E-state index in [-0.39, 0.29) is 18.4 Å². The van der Waals surface area contributed by atoms with Crippen LogP contribution in [0.3, 0.4) is 0 Å². The fourth-order valence-electron chi connectivity index (χ4n) is 3.34. The molecule has 2 amide bonds. The molecule has 0 radical (unpaired) electrons. The first-order valence-corrected chi connectivity index (χ1v) is 6.98. The number of benzene rings is 1. The number of carbonyl (C=O) groups excluding carboxylic acids is 2. The number of fused-ring (bicyclic) bond motifs is 2. The Morgan fingerprint density at radius 3 is 2.85 bits per heavy atom. The Morgan fingerprint density at radius 2 is 2.10 bits per heavy atom. The Balaban J connectivity index is 2.12. The highest BCUT2D eigenvalue weighted by Gasteiger charge is 2.35. The maximum Gasteiger partial charge on any atom is 0.237 e. The summed E-state index contributed by atoms with van der Waals surface area (Å²) in [6.45, 7) is 2.07. The molecule has 0 saturated heterocycles. The topological polar surface area (TPSA) is 63.4 Å². The van der Waals surface area contributed by atoms with Gasteiger partial charge in [0.05, 0.1) is 0 Å². The number of nitrogens with two attached hydrogens (primary N) is 1. The molecule has 4 nitrogen and oxygen atoms in total. The van der Waals surface area contributed by atoms with Gasteiger partial charge in [-0.3, -0.25) is 9.59 Å². The minimum atomic E-state index is -0.460. The number of primary amides is 1. The molecule has 0 aromatic heterocycles. The van der Waals surface area contributed by atoms with Crippen LogP contribution < -0.4 is 5.73 Å². The number of hydrogen-bond acceptors (Lipinski definition) is 2. The van der Waals surface area contributed by atoms with Crippen LogP contribution in [0.2, 0.25) is 0 Å². The van der Waals surface area contributed by atoms with Gasteiger partial charge in [0.2, 0.25) is 11.8 Å². The van der Waals surface area contributed by atoms with Gasteiger partial charge in [-0.1, -0.05) is 31.2 Å². The van der Waals surface area contributed by atoms with Gasteiger partial charge >= 0.3 is 0 Å². The molecule has 4 heteroatoms. The zero-order chi connectivity index (χ0) is 14.3. The highest BCUT2D eigenvalue weighted by Crippen LogP contribution is 2.42. The van der Waals surface area contributed by atoms with Gasteiger partial charge in [0.15, 0.2) is 0 Å². The molecular weight excluding hydrogens is 252 g/mol. The van der Waals surface area contributed by atoms with E-state index < -0.39 is 5.91 Å². The molecule has 2 N–H and O–H groups in total. The predicted molar refractivity (Wildman–Crippen MR) is 76.4 cm³/mol. The van der Waals surface area contributed by atoms with Crippen LogP contribution in [0, 0.1) is 5.92 Å². The quantitative estimate of drug-likeness (QED) is 0.889. The molecule has 1 aromatic carbocycles. The van der Waals surface area contributed by atoms with E-state index in [0.717, 1.165) is 18.5 Å². The Bertz CT molecular complexity index is 619. The van der Waals surface area contributed by atoms with Gasteiger partial charge in [0.25, 0.3) is 0 Å². The molecule has 3 rings (SSSR count). The number of nitrogens with zero attached hydrogens (tertiary/aromatic N) is 1. The zero-order valence-corrected chi connectivity index (χ0v) is 11.6. The predicted octanol–water partition coefficient (Wildman–Crippen LogP) is 1.70. The third-order valence-corrected chi connectivity index (χ3v) is 4.16. The molecule has 104 valence electrons. The van der Waals surface area contributed by atoms with Crippen molar-refractivity contribution in [1.82, 2.24) is 4.90 Å². The highest BCUT2D eigenvalue weighted by atomic mass is 16.2. The molecule has 0 saturated carbocycles. The lowest BCUT2D eigenvalue weighted by Crippen LogP contribution is -2.42. The lowest BCUT2D eigenvalue weighted by molar-refractivity contribution is -0.134.